The van der Waals surface area contributed by atoms with Crippen LogP contribution in [0.4, 0.5) is 10.1 Å². The van der Waals surface area contributed by atoms with Crippen molar-refractivity contribution in [2.24, 2.45) is 0 Å². The number of rotatable bonds is 5. The normalized spacial score (nSPS) is 11.1. The van der Waals surface area contributed by atoms with E-state index in [0.29, 0.717) is 23.0 Å². The number of carbonyl (C=O) groups excluding carboxylic acids is 1. The number of amides is 1. The molecule has 25 heavy (non-hydrogen) atoms. The fourth-order valence-corrected chi connectivity index (χ4v) is 3.20. The highest BCUT2D eigenvalue weighted by Crippen LogP contribution is 2.34. The highest BCUT2D eigenvalue weighted by molar-refractivity contribution is 7.15. The highest BCUT2D eigenvalue weighted by Gasteiger charge is 2.16. The Hall–Kier alpha value is -2.54. The van der Waals surface area contributed by atoms with Crippen molar-refractivity contribution in [2.75, 3.05) is 5.32 Å². The van der Waals surface area contributed by atoms with E-state index >= 15 is 0 Å². The second-order valence-corrected chi connectivity index (χ2v) is 7.29. The molecule has 0 spiro atoms. The van der Waals surface area contributed by atoms with Gasteiger partial charge in [0.15, 0.2) is 0 Å². The van der Waals surface area contributed by atoms with E-state index in [1.807, 2.05) is 26.8 Å². The van der Waals surface area contributed by atoms with Gasteiger partial charge in [-0.3, -0.25) is 4.79 Å². The predicted molar refractivity (Wildman–Crippen MR) is 95.2 cm³/mol. The summed E-state index contributed by atoms with van der Waals surface area (Å²) in [6.07, 6.45) is 0.112. The van der Waals surface area contributed by atoms with E-state index in [9.17, 15) is 9.18 Å². The van der Waals surface area contributed by atoms with Crippen LogP contribution in [0, 0.1) is 12.7 Å². The lowest BCUT2D eigenvalue weighted by Crippen LogP contribution is -2.14. The zero-order chi connectivity index (χ0) is 18.0. The molecule has 1 aromatic carbocycles. The summed E-state index contributed by atoms with van der Waals surface area (Å²) in [5.41, 5.74) is 1.33. The lowest BCUT2D eigenvalue weighted by Gasteiger charge is -2.04. The molecule has 0 saturated heterocycles. The number of benzene rings is 1. The molecule has 0 aliphatic rings. The summed E-state index contributed by atoms with van der Waals surface area (Å²) in [7, 11) is 0. The van der Waals surface area contributed by atoms with Gasteiger partial charge in [0.1, 0.15) is 5.82 Å². The van der Waals surface area contributed by atoms with Crippen LogP contribution in [0.25, 0.3) is 10.8 Å². The molecule has 0 saturated carbocycles. The molecule has 0 radical (unpaired) electrons. The minimum atomic E-state index is -0.350. The number of hydrogen-bond donors (Lipinski definition) is 1. The third-order valence-corrected chi connectivity index (χ3v) is 4.63. The largest absolute Gasteiger partial charge is 0.420 e. The molecule has 0 fully saturated rings. The fourth-order valence-electron chi connectivity index (χ4n) is 2.31. The van der Waals surface area contributed by atoms with Crippen LogP contribution < -0.4 is 5.32 Å². The lowest BCUT2D eigenvalue weighted by molar-refractivity contribution is -0.115. The number of aromatic nitrogens is 2. The Kier molecular flexibility index (Phi) is 4.94. The number of halogens is 1. The molecule has 2 aromatic heterocycles. The van der Waals surface area contributed by atoms with Crippen molar-refractivity contribution in [3.05, 3.63) is 52.5 Å². The average Bonchev–Trinajstić information content (AvgIpc) is 3.15. The van der Waals surface area contributed by atoms with Crippen molar-refractivity contribution >= 4 is 22.9 Å². The van der Waals surface area contributed by atoms with Crippen molar-refractivity contribution < 1.29 is 13.6 Å². The quantitative estimate of drug-likeness (QED) is 0.726. The number of hydrogen-bond acceptors (Lipinski definition) is 5. The first-order chi connectivity index (χ1) is 11.9. The van der Waals surface area contributed by atoms with Crippen LogP contribution in [0.15, 0.2) is 34.7 Å². The molecule has 3 aromatic rings. The van der Waals surface area contributed by atoms with E-state index in [2.05, 4.69) is 15.5 Å². The van der Waals surface area contributed by atoms with Crippen LogP contribution in [0.3, 0.4) is 0 Å². The standard InChI is InChI=1S/C18H18FN3O2S/c1-10(2)17-21-22-18(24-17)15-9-14(11(3)25-15)20-16(23)8-12-5-4-6-13(19)7-12/h4-7,9-10H,8H2,1-3H3,(H,20,23). The molecular weight excluding hydrogens is 341 g/mol. The summed E-state index contributed by atoms with van der Waals surface area (Å²) in [5.74, 6) is 0.635. The van der Waals surface area contributed by atoms with Gasteiger partial charge in [-0.15, -0.1) is 21.5 Å². The Morgan fingerprint density at radius 3 is 2.80 bits per heavy atom. The van der Waals surface area contributed by atoms with Crippen molar-refractivity contribution in [1.29, 1.82) is 0 Å². The smallest absolute Gasteiger partial charge is 0.257 e. The lowest BCUT2D eigenvalue weighted by atomic mass is 10.1. The highest BCUT2D eigenvalue weighted by atomic mass is 32.1. The van der Waals surface area contributed by atoms with Crippen LogP contribution in [0.5, 0.6) is 0 Å². The number of thiophene rings is 1. The van der Waals surface area contributed by atoms with E-state index in [-0.39, 0.29) is 24.1 Å². The maximum Gasteiger partial charge on any atom is 0.257 e. The SMILES string of the molecule is Cc1sc(-c2nnc(C(C)C)o2)cc1NC(=O)Cc1cccc(F)c1. The first-order valence-corrected chi connectivity index (χ1v) is 8.72. The molecule has 0 aliphatic heterocycles. The molecule has 3 rings (SSSR count). The average molecular weight is 359 g/mol. The van der Waals surface area contributed by atoms with Crippen LogP contribution in [0.1, 0.15) is 36.1 Å². The van der Waals surface area contributed by atoms with E-state index < -0.39 is 0 Å². The maximum absolute atomic E-state index is 13.2. The van der Waals surface area contributed by atoms with Crippen molar-refractivity contribution in [3.8, 4) is 10.8 Å². The Labute approximate surface area is 148 Å². The first-order valence-electron chi connectivity index (χ1n) is 7.91. The van der Waals surface area contributed by atoms with Gasteiger partial charge in [-0.25, -0.2) is 4.39 Å². The third kappa shape index (κ3) is 4.11. The summed E-state index contributed by atoms with van der Waals surface area (Å²) in [5, 5.41) is 10.9. The molecule has 1 N–H and O–H groups in total. The summed E-state index contributed by atoms with van der Waals surface area (Å²) < 4.78 is 18.9. The van der Waals surface area contributed by atoms with Gasteiger partial charge in [-0.2, -0.15) is 0 Å². The predicted octanol–water partition coefficient (Wildman–Crippen LogP) is 4.55. The van der Waals surface area contributed by atoms with Crippen LogP contribution in [-0.4, -0.2) is 16.1 Å². The Morgan fingerprint density at radius 2 is 2.12 bits per heavy atom. The summed E-state index contributed by atoms with van der Waals surface area (Å²) >= 11 is 1.47. The Morgan fingerprint density at radius 1 is 1.32 bits per heavy atom. The molecule has 0 unspecified atom stereocenters. The van der Waals surface area contributed by atoms with Gasteiger partial charge < -0.3 is 9.73 Å². The number of aryl methyl sites for hydroxylation is 1. The second-order valence-electron chi connectivity index (χ2n) is 6.04. The van der Waals surface area contributed by atoms with Gasteiger partial charge >= 0.3 is 0 Å². The van der Waals surface area contributed by atoms with Gasteiger partial charge in [0.2, 0.25) is 11.8 Å². The molecule has 1 amide bonds. The topological polar surface area (TPSA) is 68.0 Å². The van der Waals surface area contributed by atoms with Gasteiger partial charge in [0.05, 0.1) is 17.0 Å². The Bertz CT molecular complexity index is 901. The van der Waals surface area contributed by atoms with Gasteiger partial charge in [-0.1, -0.05) is 26.0 Å². The monoisotopic (exact) mass is 359 g/mol. The summed E-state index contributed by atoms with van der Waals surface area (Å²) in [6.45, 7) is 5.87. The molecule has 0 aliphatic carbocycles. The maximum atomic E-state index is 13.2. The van der Waals surface area contributed by atoms with Crippen molar-refractivity contribution in [3.63, 3.8) is 0 Å². The molecule has 0 bridgehead atoms. The second kappa shape index (κ2) is 7.14. The van der Waals surface area contributed by atoms with Gasteiger partial charge in [0, 0.05) is 10.8 Å². The minimum Gasteiger partial charge on any atom is -0.420 e. The molecular formula is C18H18FN3O2S. The number of anilines is 1. The zero-order valence-electron chi connectivity index (χ0n) is 14.2. The molecule has 2 heterocycles. The minimum absolute atomic E-state index is 0.112. The molecule has 130 valence electrons. The van der Waals surface area contributed by atoms with Gasteiger partial charge in [-0.05, 0) is 30.7 Å². The van der Waals surface area contributed by atoms with E-state index in [0.717, 1.165) is 9.75 Å². The number of nitrogens with one attached hydrogen (secondary N) is 1. The first kappa shape index (κ1) is 17.3. The van der Waals surface area contributed by atoms with Crippen LogP contribution in [0.2, 0.25) is 0 Å². The van der Waals surface area contributed by atoms with E-state index in [4.69, 9.17) is 4.42 Å². The van der Waals surface area contributed by atoms with Crippen molar-refractivity contribution in [2.45, 2.75) is 33.1 Å². The number of carbonyl (C=O) groups is 1. The number of nitrogens with zero attached hydrogens (tertiary/aromatic N) is 2. The third-order valence-electron chi connectivity index (χ3n) is 3.59. The summed E-state index contributed by atoms with van der Waals surface area (Å²) in [4.78, 5) is 13.9. The van der Waals surface area contributed by atoms with E-state index in [1.165, 1.54) is 23.5 Å². The zero-order valence-corrected chi connectivity index (χ0v) is 15.0. The van der Waals surface area contributed by atoms with Crippen molar-refractivity contribution in [1.82, 2.24) is 10.2 Å². The molecule has 5 nitrogen and oxygen atoms in total. The summed E-state index contributed by atoms with van der Waals surface area (Å²) in [6, 6.07) is 7.85. The van der Waals surface area contributed by atoms with Gasteiger partial charge in [0.25, 0.3) is 5.89 Å². The fraction of sp³-hybridized carbons (Fsp3) is 0.278. The van der Waals surface area contributed by atoms with E-state index in [1.54, 1.807) is 12.1 Å². The van der Waals surface area contributed by atoms with Crippen LogP contribution in [-0.2, 0) is 11.2 Å². The molecule has 7 heteroatoms. The Balaban J connectivity index is 1.72. The van der Waals surface area contributed by atoms with Crippen LogP contribution >= 0.6 is 11.3 Å². The molecule has 0 atom stereocenters.